The fourth-order valence-electron chi connectivity index (χ4n) is 1.93. The van der Waals surface area contributed by atoms with Crippen molar-refractivity contribution in [1.29, 1.82) is 0 Å². The quantitative estimate of drug-likeness (QED) is 0.703. The molecule has 0 fully saturated rings. The molecule has 0 unspecified atom stereocenters. The van der Waals surface area contributed by atoms with E-state index in [1.165, 1.54) is 16.5 Å². The summed E-state index contributed by atoms with van der Waals surface area (Å²) in [6, 6.07) is 6.34. The molecule has 15 heavy (non-hydrogen) atoms. The van der Waals surface area contributed by atoms with Gasteiger partial charge in [-0.2, -0.15) is 0 Å². The summed E-state index contributed by atoms with van der Waals surface area (Å²) < 4.78 is 5.80. The van der Waals surface area contributed by atoms with Gasteiger partial charge in [-0.25, -0.2) is 0 Å². The first-order chi connectivity index (χ1) is 7.26. The topological polar surface area (TPSA) is 13.1 Å². The number of rotatable bonds is 2. The van der Waals surface area contributed by atoms with Gasteiger partial charge in [-0.15, -0.1) is 0 Å². The summed E-state index contributed by atoms with van der Waals surface area (Å²) >= 11 is 0. The second-order valence-electron chi connectivity index (χ2n) is 3.80. The van der Waals surface area contributed by atoms with E-state index in [0.717, 1.165) is 17.8 Å². The van der Waals surface area contributed by atoms with Gasteiger partial charge >= 0.3 is 0 Å². The molecule has 1 heterocycles. The average Bonchev–Trinajstić information content (AvgIpc) is 2.55. The normalized spacial score (nSPS) is 11.7. The Morgan fingerprint density at radius 1 is 1.33 bits per heavy atom. The average molecular weight is 200 g/mol. The Bertz CT molecular complexity index is 503. The number of hydrogen-bond acceptors (Lipinski definition) is 1. The van der Waals surface area contributed by atoms with Crippen molar-refractivity contribution in [3.63, 3.8) is 0 Å². The molecule has 78 valence electrons. The number of furan rings is 1. The largest absolute Gasteiger partial charge is 0.456 e. The molecule has 1 aromatic carbocycles. The molecule has 1 nitrogen and oxygen atoms in total. The van der Waals surface area contributed by atoms with Crippen LogP contribution in [0, 0.1) is 6.92 Å². The predicted octanol–water partition coefficient (Wildman–Crippen LogP) is 4.34. The summed E-state index contributed by atoms with van der Waals surface area (Å²) in [5.74, 6) is 1.00. The zero-order valence-electron chi connectivity index (χ0n) is 9.50. The minimum absolute atomic E-state index is 0.991. The van der Waals surface area contributed by atoms with E-state index in [2.05, 4.69) is 32.0 Å². The third-order valence-electron chi connectivity index (χ3n) is 2.65. The number of aryl methyl sites for hydroxylation is 2. The molecule has 1 heteroatoms. The first-order valence-electron chi connectivity index (χ1n) is 5.41. The minimum atomic E-state index is 0.991. The highest BCUT2D eigenvalue weighted by Gasteiger charge is 2.09. The van der Waals surface area contributed by atoms with Gasteiger partial charge in [0.25, 0.3) is 0 Å². The van der Waals surface area contributed by atoms with Crippen molar-refractivity contribution in [2.75, 3.05) is 0 Å². The van der Waals surface area contributed by atoms with Gasteiger partial charge in [0.05, 0.1) is 0 Å². The molecule has 0 bridgehead atoms. The number of fused-ring (bicyclic) bond motifs is 1. The maximum absolute atomic E-state index is 5.80. The van der Waals surface area contributed by atoms with Gasteiger partial charge in [-0.3, -0.25) is 0 Å². The maximum atomic E-state index is 5.80. The molecule has 0 radical (unpaired) electrons. The van der Waals surface area contributed by atoms with Crippen molar-refractivity contribution in [3.8, 4) is 0 Å². The van der Waals surface area contributed by atoms with Crippen LogP contribution in [-0.4, -0.2) is 0 Å². The lowest BCUT2D eigenvalue weighted by atomic mass is 10.1. The molecule has 0 aliphatic carbocycles. The van der Waals surface area contributed by atoms with E-state index in [1.807, 2.05) is 19.1 Å². The van der Waals surface area contributed by atoms with E-state index in [4.69, 9.17) is 4.42 Å². The molecular weight excluding hydrogens is 184 g/mol. The highest BCUT2D eigenvalue weighted by atomic mass is 16.3. The summed E-state index contributed by atoms with van der Waals surface area (Å²) in [5.41, 5.74) is 3.59. The Morgan fingerprint density at radius 3 is 2.80 bits per heavy atom. The van der Waals surface area contributed by atoms with Crippen LogP contribution in [0.5, 0.6) is 0 Å². The van der Waals surface area contributed by atoms with Crippen LogP contribution in [0.15, 0.2) is 28.7 Å². The summed E-state index contributed by atoms with van der Waals surface area (Å²) in [6.07, 6.45) is 5.06. The monoisotopic (exact) mass is 200 g/mol. The van der Waals surface area contributed by atoms with E-state index >= 15 is 0 Å². The van der Waals surface area contributed by atoms with Crippen LogP contribution < -0.4 is 0 Å². The Kier molecular flexibility index (Phi) is 2.63. The van der Waals surface area contributed by atoms with Crippen LogP contribution in [0.25, 0.3) is 17.0 Å². The molecule has 0 aliphatic rings. The molecule has 0 saturated carbocycles. The Labute approximate surface area is 90.4 Å². The molecule has 2 aromatic rings. The predicted molar refractivity (Wildman–Crippen MR) is 65.0 cm³/mol. The second-order valence-corrected chi connectivity index (χ2v) is 3.80. The Balaban J connectivity index is 2.73. The van der Waals surface area contributed by atoms with E-state index in [-0.39, 0.29) is 0 Å². The molecular formula is C14H16O. The van der Waals surface area contributed by atoms with Gasteiger partial charge in [-0.1, -0.05) is 24.6 Å². The molecule has 0 amide bonds. The minimum Gasteiger partial charge on any atom is -0.456 e. The van der Waals surface area contributed by atoms with E-state index in [1.54, 1.807) is 0 Å². The molecule has 0 atom stereocenters. The highest BCUT2D eigenvalue weighted by molar-refractivity contribution is 5.85. The third-order valence-corrected chi connectivity index (χ3v) is 2.65. The highest BCUT2D eigenvalue weighted by Crippen LogP contribution is 2.28. The number of hydrogen-bond donors (Lipinski definition) is 0. The van der Waals surface area contributed by atoms with Crippen LogP contribution in [-0.2, 0) is 6.42 Å². The standard InChI is InChI=1S/C14H16O/c1-4-6-13-11(5-2)12-9-10(3)7-8-14(12)15-13/h4,6-9H,5H2,1-3H3/b6-4-. The van der Waals surface area contributed by atoms with Gasteiger partial charge in [0.1, 0.15) is 11.3 Å². The lowest BCUT2D eigenvalue weighted by Crippen LogP contribution is -1.80. The van der Waals surface area contributed by atoms with E-state index in [0.29, 0.717) is 0 Å². The molecule has 0 aliphatic heterocycles. The van der Waals surface area contributed by atoms with Gasteiger partial charge in [0.15, 0.2) is 0 Å². The summed E-state index contributed by atoms with van der Waals surface area (Å²) in [5, 5.41) is 1.26. The lowest BCUT2D eigenvalue weighted by Gasteiger charge is -1.94. The third kappa shape index (κ3) is 1.70. The van der Waals surface area contributed by atoms with E-state index in [9.17, 15) is 0 Å². The lowest BCUT2D eigenvalue weighted by molar-refractivity contribution is 0.599. The van der Waals surface area contributed by atoms with Gasteiger partial charge in [-0.05, 0) is 38.5 Å². The smallest absolute Gasteiger partial charge is 0.135 e. The van der Waals surface area contributed by atoms with Gasteiger partial charge in [0, 0.05) is 10.9 Å². The molecule has 0 spiro atoms. The summed E-state index contributed by atoms with van der Waals surface area (Å²) in [6.45, 7) is 6.29. The first kappa shape index (κ1) is 10.0. The number of benzene rings is 1. The molecule has 2 rings (SSSR count). The van der Waals surface area contributed by atoms with E-state index < -0.39 is 0 Å². The van der Waals surface area contributed by atoms with Crippen LogP contribution in [0.1, 0.15) is 30.7 Å². The van der Waals surface area contributed by atoms with Gasteiger partial charge < -0.3 is 4.42 Å². The van der Waals surface area contributed by atoms with Crippen molar-refractivity contribution in [2.45, 2.75) is 27.2 Å². The van der Waals surface area contributed by atoms with Crippen molar-refractivity contribution in [1.82, 2.24) is 0 Å². The fraction of sp³-hybridized carbons (Fsp3) is 0.286. The van der Waals surface area contributed by atoms with Crippen molar-refractivity contribution in [3.05, 3.63) is 41.2 Å². The Hall–Kier alpha value is -1.50. The second kappa shape index (κ2) is 3.93. The van der Waals surface area contributed by atoms with Crippen LogP contribution in [0.3, 0.4) is 0 Å². The summed E-state index contributed by atoms with van der Waals surface area (Å²) in [4.78, 5) is 0. The van der Waals surface area contributed by atoms with Crippen LogP contribution >= 0.6 is 0 Å². The Morgan fingerprint density at radius 2 is 2.13 bits per heavy atom. The SMILES string of the molecule is C/C=C\c1oc2ccc(C)cc2c1CC. The molecule has 0 N–H and O–H groups in total. The van der Waals surface area contributed by atoms with Crippen molar-refractivity contribution in [2.24, 2.45) is 0 Å². The van der Waals surface area contributed by atoms with Crippen molar-refractivity contribution < 1.29 is 4.42 Å². The van der Waals surface area contributed by atoms with Crippen LogP contribution in [0.4, 0.5) is 0 Å². The summed E-state index contributed by atoms with van der Waals surface area (Å²) in [7, 11) is 0. The molecule has 1 aromatic heterocycles. The first-order valence-corrected chi connectivity index (χ1v) is 5.41. The van der Waals surface area contributed by atoms with Crippen molar-refractivity contribution >= 4 is 17.0 Å². The molecule has 0 saturated heterocycles. The maximum Gasteiger partial charge on any atom is 0.135 e. The number of allylic oxidation sites excluding steroid dienone is 1. The van der Waals surface area contributed by atoms with Crippen LogP contribution in [0.2, 0.25) is 0 Å². The van der Waals surface area contributed by atoms with Gasteiger partial charge in [0.2, 0.25) is 0 Å². The zero-order valence-corrected chi connectivity index (χ0v) is 9.50. The fourth-order valence-corrected chi connectivity index (χ4v) is 1.93. The zero-order chi connectivity index (χ0) is 10.8.